The number of carbonyl (C=O) groups excluding carboxylic acids is 1. The van der Waals surface area contributed by atoms with Gasteiger partial charge in [0.1, 0.15) is 16.5 Å². The summed E-state index contributed by atoms with van der Waals surface area (Å²) in [6.45, 7) is 0. The topological polar surface area (TPSA) is 52.1 Å². The molecule has 7 heteroatoms. The number of ether oxygens (including phenoxy) is 1. The molecule has 4 nitrogen and oxygen atoms in total. The second-order valence-corrected chi connectivity index (χ2v) is 4.25. The van der Waals surface area contributed by atoms with E-state index in [9.17, 15) is 9.18 Å². The Morgan fingerprint density at radius 2 is 2.11 bits per heavy atom. The van der Waals surface area contributed by atoms with Crippen molar-refractivity contribution in [3.63, 3.8) is 0 Å². The summed E-state index contributed by atoms with van der Waals surface area (Å²) in [4.78, 5) is 19.1. The van der Waals surface area contributed by atoms with Crippen molar-refractivity contribution in [2.45, 2.75) is 0 Å². The number of aromatic nitrogens is 2. The first-order valence-electron chi connectivity index (χ1n) is 5.10. The summed E-state index contributed by atoms with van der Waals surface area (Å²) in [7, 11) is 1.21. The number of methoxy groups -OCH3 is 1. The largest absolute Gasteiger partial charge is 0.465 e. The van der Waals surface area contributed by atoms with Crippen molar-refractivity contribution in [1.82, 2.24) is 9.97 Å². The molecule has 0 aliphatic heterocycles. The summed E-state index contributed by atoms with van der Waals surface area (Å²) < 4.78 is 18.2. The lowest BCUT2D eigenvalue weighted by molar-refractivity contribution is 0.0600. The highest BCUT2D eigenvalue weighted by molar-refractivity contribution is 6.33. The van der Waals surface area contributed by atoms with Crippen LogP contribution < -0.4 is 0 Å². The summed E-state index contributed by atoms with van der Waals surface area (Å²) in [6.07, 6.45) is 1.17. The smallest absolute Gasteiger partial charge is 0.342 e. The molecule has 0 aliphatic rings. The monoisotopic (exact) mass is 300 g/mol. The van der Waals surface area contributed by atoms with Crippen LogP contribution in [0.5, 0.6) is 0 Å². The van der Waals surface area contributed by atoms with E-state index < -0.39 is 11.8 Å². The highest BCUT2D eigenvalue weighted by atomic mass is 35.5. The molecule has 2 rings (SSSR count). The first kappa shape index (κ1) is 13.7. The van der Waals surface area contributed by atoms with Gasteiger partial charge in [0, 0.05) is 6.20 Å². The van der Waals surface area contributed by atoms with Gasteiger partial charge in [-0.25, -0.2) is 19.2 Å². The van der Waals surface area contributed by atoms with Gasteiger partial charge in [0.25, 0.3) is 0 Å². The number of hydrogen-bond donors (Lipinski definition) is 0. The summed E-state index contributed by atoms with van der Waals surface area (Å²) >= 11 is 11.7. The van der Waals surface area contributed by atoms with E-state index in [1.54, 1.807) is 0 Å². The Hall–Kier alpha value is -1.72. The zero-order valence-corrected chi connectivity index (χ0v) is 11.2. The molecule has 2 aromatic rings. The normalized spacial score (nSPS) is 10.3. The standard InChI is InChI=1S/C12H7Cl2FN2O2/c1-19-12(18)6-5-16-11(17-10(6)14)9-7(13)3-2-4-8(9)15/h2-5H,1H3. The van der Waals surface area contributed by atoms with E-state index in [0.717, 1.165) is 0 Å². The Morgan fingerprint density at radius 3 is 2.68 bits per heavy atom. The zero-order valence-electron chi connectivity index (χ0n) is 9.65. The van der Waals surface area contributed by atoms with Gasteiger partial charge < -0.3 is 4.74 Å². The van der Waals surface area contributed by atoms with E-state index in [0.29, 0.717) is 0 Å². The molecule has 1 aromatic heterocycles. The molecule has 98 valence electrons. The number of esters is 1. The zero-order chi connectivity index (χ0) is 14.0. The first-order chi connectivity index (χ1) is 9.04. The Labute approximate surface area is 118 Å². The van der Waals surface area contributed by atoms with E-state index in [4.69, 9.17) is 23.2 Å². The maximum Gasteiger partial charge on any atom is 0.342 e. The number of nitrogens with zero attached hydrogens (tertiary/aromatic N) is 2. The van der Waals surface area contributed by atoms with Crippen LogP contribution in [0.4, 0.5) is 4.39 Å². The molecule has 0 N–H and O–H groups in total. The Balaban J connectivity index is 2.54. The van der Waals surface area contributed by atoms with Crippen molar-refractivity contribution in [3.05, 3.63) is 46.0 Å². The van der Waals surface area contributed by atoms with Gasteiger partial charge in [-0.15, -0.1) is 0 Å². The van der Waals surface area contributed by atoms with Crippen LogP contribution in [0.2, 0.25) is 10.2 Å². The quantitative estimate of drug-likeness (QED) is 0.630. The van der Waals surface area contributed by atoms with Crippen LogP contribution in [0.3, 0.4) is 0 Å². The molecule has 0 unspecified atom stereocenters. The lowest BCUT2D eigenvalue weighted by Crippen LogP contribution is -2.05. The number of rotatable bonds is 2. The predicted molar refractivity (Wildman–Crippen MR) is 68.8 cm³/mol. The van der Waals surface area contributed by atoms with Gasteiger partial charge in [0.15, 0.2) is 5.82 Å². The van der Waals surface area contributed by atoms with Crippen molar-refractivity contribution >= 4 is 29.2 Å². The molecule has 0 bridgehead atoms. The molecule has 19 heavy (non-hydrogen) atoms. The molecule has 0 fully saturated rings. The fourth-order valence-electron chi connectivity index (χ4n) is 1.44. The minimum atomic E-state index is -0.670. The SMILES string of the molecule is COC(=O)c1cnc(-c2c(F)cccc2Cl)nc1Cl. The molecule has 1 aromatic carbocycles. The molecule has 0 aliphatic carbocycles. The van der Waals surface area contributed by atoms with E-state index in [2.05, 4.69) is 14.7 Å². The van der Waals surface area contributed by atoms with Crippen LogP contribution in [0.1, 0.15) is 10.4 Å². The van der Waals surface area contributed by atoms with Gasteiger partial charge in [-0.2, -0.15) is 0 Å². The summed E-state index contributed by atoms with van der Waals surface area (Å²) in [5, 5.41) is 0.0260. The third kappa shape index (κ3) is 2.67. The van der Waals surface area contributed by atoms with Gasteiger partial charge in [0.2, 0.25) is 0 Å². The molecule has 1 heterocycles. The highest BCUT2D eigenvalue weighted by Gasteiger charge is 2.17. The van der Waals surface area contributed by atoms with Crippen LogP contribution in [0.25, 0.3) is 11.4 Å². The molecular formula is C12H7Cl2FN2O2. The van der Waals surface area contributed by atoms with Gasteiger partial charge in [0.05, 0.1) is 17.7 Å². The van der Waals surface area contributed by atoms with Crippen LogP contribution in [-0.4, -0.2) is 23.0 Å². The van der Waals surface area contributed by atoms with Gasteiger partial charge >= 0.3 is 5.97 Å². The lowest BCUT2D eigenvalue weighted by Gasteiger charge is -2.06. The third-order valence-corrected chi connectivity index (χ3v) is 2.94. The maximum absolute atomic E-state index is 13.7. The number of hydrogen-bond acceptors (Lipinski definition) is 4. The molecule has 0 spiro atoms. The maximum atomic E-state index is 13.7. The number of carbonyl (C=O) groups is 1. The van der Waals surface area contributed by atoms with E-state index in [1.165, 1.54) is 31.5 Å². The van der Waals surface area contributed by atoms with Gasteiger partial charge in [-0.3, -0.25) is 0 Å². The van der Waals surface area contributed by atoms with E-state index >= 15 is 0 Å². The van der Waals surface area contributed by atoms with Crippen molar-refractivity contribution < 1.29 is 13.9 Å². The van der Waals surface area contributed by atoms with Gasteiger partial charge in [-0.05, 0) is 12.1 Å². The van der Waals surface area contributed by atoms with Crippen LogP contribution in [0, 0.1) is 5.82 Å². The second-order valence-electron chi connectivity index (χ2n) is 3.49. The predicted octanol–water partition coefficient (Wildman–Crippen LogP) is 3.38. The second kappa shape index (κ2) is 5.50. The van der Waals surface area contributed by atoms with Crippen LogP contribution >= 0.6 is 23.2 Å². The van der Waals surface area contributed by atoms with Crippen molar-refractivity contribution in [3.8, 4) is 11.4 Å². The summed E-state index contributed by atoms with van der Waals surface area (Å²) in [5.74, 6) is -1.24. The molecule has 0 saturated heterocycles. The Kier molecular flexibility index (Phi) is 3.97. The highest BCUT2D eigenvalue weighted by Crippen LogP contribution is 2.29. The van der Waals surface area contributed by atoms with Crippen molar-refractivity contribution in [2.24, 2.45) is 0 Å². The Bertz CT molecular complexity index is 629. The van der Waals surface area contributed by atoms with Crippen LogP contribution in [-0.2, 0) is 4.74 Å². The minimum Gasteiger partial charge on any atom is -0.465 e. The molecular weight excluding hydrogens is 294 g/mol. The average Bonchev–Trinajstić information content (AvgIpc) is 2.38. The number of halogens is 3. The van der Waals surface area contributed by atoms with E-state index in [1.807, 2.05) is 0 Å². The van der Waals surface area contributed by atoms with E-state index in [-0.39, 0.29) is 27.1 Å². The third-order valence-electron chi connectivity index (χ3n) is 2.33. The van der Waals surface area contributed by atoms with Crippen molar-refractivity contribution in [1.29, 1.82) is 0 Å². The molecule has 0 amide bonds. The number of benzene rings is 1. The summed E-state index contributed by atoms with van der Waals surface area (Å²) in [5.41, 5.74) is 0.0304. The van der Waals surface area contributed by atoms with Gasteiger partial charge in [-0.1, -0.05) is 29.3 Å². The Morgan fingerprint density at radius 1 is 1.37 bits per heavy atom. The minimum absolute atomic E-state index is 0.000350. The average molecular weight is 301 g/mol. The fraction of sp³-hybridized carbons (Fsp3) is 0.0833. The molecule has 0 radical (unpaired) electrons. The lowest BCUT2D eigenvalue weighted by atomic mass is 10.2. The first-order valence-corrected chi connectivity index (χ1v) is 5.85. The van der Waals surface area contributed by atoms with Crippen molar-refractivity contribution in [2.75, 3.05) is 7.11 Å². The summed E-state index contributed by atoms with van der Waals surface area (Å²) in [6, 6.07) is 4.20. The fourth-order valence-corrected chi connectivity index (χ4v) is 1.89. The van der Waals surface area contributed by atoms with Crippen LogP contribution in [0.15, 0.2) is 24.4 Å². The molecule has 0 saturated carbocycles. The molecule has 0 atom stereocenters.